The predicted octanol–water partition coefficient (Wildman–Crippen LogP) is 1.85. The molecule has 2 N–H and O–H groups in total. The van der Waals surface area contributed by atoms with E-state index in [0.717, 1.165) is 6.29 Å². The standard InChI is InChI=1S/C14H25NO4/c1-5-11(13(17)15-9(2)3)7-12(14(18)19)6-10(4)8-16/h8-12H,5-7H2,1-4H3,(H,15,17)(H,18,19). The first-order chi connectivity index (χ1) is 8.81. The second-order valence-corrected chi connectivity index (χ2v) is 5.39. The zero-order chi connectivity index (χ0) is 15.0. The van der Waals surface area contributed by atoms with Crippen LogP contribution in [0.25, 0.3) is 0 Å². The highest BCUT2D eigenvalue weighted by atomic mass is 16.4. The number of carbonyl (C=O) groups is 3. The number of amides is 1. The van der Waals surface area contributed by atoms with E-state index in [2.05, 4.69) is 5.32 Å². The Morgan fingerprint density at radius 2 is 1.74 bits per heavy atom. The minimum absolute atomic E-state index is 0.0405. The fourth-order valence-corrected chi connectivity index (χ4v) is 2.01. The molecule has 0 saturated heterocycles. The lowest BCUT2D eigenvalue weighted by Gasteiger charge is -2.21. The summed E-state index contributed by atoms with van der Waals surface area (Å²) in [4.78, 5) is 33.7. The largest absolute Gasteiger partial charge is 0.481 e. The van der Waals surface area contributed by atoms with Crippen molar-refractivity contribution in [2.24, 2.45) is 17.8 Å². The quantitative estimate of drug-likeness (QED) is 0.627. The summed E-state index contributed by atoms with van der Waals surface area (Å²) in [6.45, 7) is 7.30. The minimum Gasteiger partial charge on any atom is -0.481 e. The van der Waals surface area contributed by atoms with E-state index >= 15 is 0 Å². The zero-order valence-electron chi connectivity index (χ0n) is 12.2. The van der Waals surface area contributed by atoms with Crippen LogP contribution in [0.5, 0.6) is 0 Å². The molecule has 5 nitrogen and oxygen atoms in total. The Bertz CT molecular complexity index is 315. The Hall–Kier alpha value is -1.39. The first-order valence-corrected chi connectivity index (χ1v) is 6.80. The molecule has 0 aliphatic carbocycles. The summed E-state index contributed by atoms with van der Waals surface area (Å²) in [6, 6.07) is 0.0405. The van der Waals surface area contributed by atoms with Crippen molar-refractivity contribution in [2.75, 3.05) is 0 Å². The number of carbonyl (C=O) groups excluding carboxylic acids is 2. The molecule has 0 heterocycles. The van der Waals surface area contributed by atoms with Crippen LogP contribution in [0.2, 0.25) is 0 Å². The maximum absolute atomic E-state index is 11.9. The molecule has 5 heteroatoms. The van der Waals surface area contributed by atoms with Gasteiger partial charge in [0.25, 0.3) is 0 Å². The predicted molar refractivity (Wildman–Crippen MR) is 72.6 cm³/mol. The first kappa shape index (κ1) is 17.6. The highest BCUT2D eigenvalue weighted by molar-refractivity contribution is 5.80. The molecule has 0 saturated carbocycles. The van der Waals surface area contributed by atoms with E-state index in [0.29, 0.717) is 6.42 Å². The molecule has 110 valence electrons. The summed E-state index contributed by atoms with van der Waals surface area (Å²) >= 11 is 0. The molecule has 0 radical (unpaired) electrons. The van der Waals surface area contributed by atoms with Crippen LogP contribution >= 0.6 is 0 Å². The molecule has 19 heavy (non-hydrogen) atoms. The summed E-state index contributed by atoms with van der Waals surface area (Å²) < 4.78 is 0. The van der Waals surface area contributed by atoms with Crippen LogP contribution in [0.1, 0.15) is 47.0 Å². The molecular formula is C14H25NO4. The number of nitrogens with one attached hydrogen (secondary N) is 1. The highest BCUT2D eigenvalue weighted by Crippen LogP contribution is 2.22. The Morgan fingerprint density at radius 3 is 2.11 bits per heavy atom. The third-order valence-electron chi connectivity index (χ3n) is 3.10. The fourth-order valence-electron chi connectivity index (χ4n) is 2.01. The first-order valence-electron chi connectivity index (χ1n) is 6.80. The van der Waals surface area contributed by atoms with Crippen LogP contribution in [0.4, 0.5) is 0 Å². The molecule has 0 rings (SSSR count). The Labute approximate surface area is 114 Å². The molecule has 0 bridgehead atoms. The normalized spacial score (nSPS) is 15.6. The molecule has 0 aromatic carbocycles. The number of rotatable bonds is 9. The van der Waals surface area contributed by atoms with E-state index in [9.17, 15) is 19.5 Å². The van der Waals surface area contributed by atoms with Crippen LogP contribution in [-0.4, -0.2) is 29.3 Å². The molecule has 0 spiro atoms. The topological polar surface area (TPSA) is 83.5 Å². The van der Waals surface area contributed by atoms with Gasteiger partial charge in [0.15, 0.2) is 0 Å². The molecule has 1 amide bonds. The average molecular weight is 271 g/mol. The van der Waals surface area contributed by atoms with Gasteiger partial charge in [0.1, 0.15) is 6.29 Å². The lowest BCUT2D eigenvalue weighted by Crippen LogP contribution is -2.37. The van der Waals surface area contributed by atoms with Crippen molar-refractivity contribution in [3.63, 3.8) is 0 Å². The second kappa shape index (κ2) is 8.67. The van der Waals surface area contributed by atoms with Gasteiger partial charge in [0, 0.05) is 17.9 Å². The maximum atomic E-state index is 11.9. The van der Waals surface area contributed by atoms with Crippen LogP contribution < -0.4 is 5.32 Å². The van der Waals surface area contributed by atoms with E-state index in [1.54, 1.807) is 6.92 Å². The third-order valence-corrected chi connectivity index (χ3v) is 3.10. The molecule has 0 aliphatic heterocycles. The van der Waals surface area contributed by atoms with E-state index in [-0.39, 0.29) is 36.6 Å². The number of hydrogen-bond donors (Lipinski definition) is 2. The molecule has 0 aliphatic rings. The third kappa shape index (κ3) is 6.94. The lowest BCUT2D eigenvalue weighted by molar-refractivity contribution is -0.143. The smallest absolute Gasteiger partial charge is 0.306 e. The van der Waals surface area contributed by atoms with Crippen LogP contribution in [0, 0.1) is 17.8 Å². The Morgan fingerprint density at radius 1 is 1.16 bits per heavy atom. The van der Waals surface area contributed by atoms with Crippen molar-refractivity contribution in [2.45, 2.75) is 53.0 Å². The molecule has 3 unspecified atom stereocenters. The van der Waals surface area contributed by atoms with Crippen molar-refractivity contribution in [3.8, 4) is 0 Å². The van der Waals surface area contributed by atoms with Crippen molar-refractivity contribution in [1.82, 2.24) is 5.32 Å². The SMILES string of the molecule is CCC(CC(CC(C)C=O)C(=O)O)C(=O)NC(C)C. The van der Waals surface area contributed by atoms with Gasteiger partial charge < -0.3 is 15.2 Å². The summed E-state index contributed by atoms with van der Waals surface area (Å²) in [5.41, 5.74) is 0. The van der Waals surface area contributed by atoms with Gasteiger partial charge in [-0.25, -0.2) is 0 Å². The number of aldehydes is 1. The van der Waals surface area contributed by atoms with Gasteiger partial charge in [0.2, 0.25) is 5.91 Å². The van der Waals surface area contributed by atoms with E-state index < -0.39 is 11.9 Å². The summed E-state index contributed by atoms with van der Waals surface area (Å²) in [6.07, 6.45) is 1.91. The number of carboxylic acids is 1. The van der Waals surface area contributed by atoms with Gasteiger partial charge in [-0.1, -0.05) is 13.8 Å². The summed E-state index contributed by atoms with van der Waals surface area (Å²) in [7, 11) is 0. The minimum atomic E-state index is -0.940. The fraction of sp³-hybridized carbons (Fsp3) is 0.786. The van der Waals surface area contributed by atoms with Gasteiger partial charge in [-0.05, 0) is 33.1 Å². The molecule has 3 atom stereocenters. The average Bonchev–Trinajstić information content (AvgIpc) is 2.32. The summed E-state index contributed by atoms with van der Waals surface area (Å²) in [5.74, 6) is -2.32. The van der Waals surface area contributed by atoms with Gasteiger partial charge in [-0.15, -0.1) is 0 Å². The van der Waals surface area contributed by atoms with E-state index in [1.807, 2.05) is 20.8 Å². The van der Waals surface area contributed by atoms with E-state index in [4.69, 9.17) is 0 Å². The van der Waals surface area contributed by atoms with Crippen LogP contribution in [0.3, 0.4) is 0 Å². The van der Waals surface area contributed by atoms with E-state index in [1.165, 1.54) is 0 Å². The molecule has 0 aromatic rings. The molecule has 0 fully saturated rings. The Kier molecular flexibility index (Phi) is 8.03. The Balaban J connectivity index is 4.64. The zero-order valence-corrected chi connectivity index (χ0v) is 12.2. The van der Waals surface area contributed by atoms with Gasteiger partial charge in [0.05, 0.1) is 5.92 Å². The second-order valence-electron chi connectivity index (χ2n) is 5.39. The van der Waals surface area contributed by atoms with Gasteiger partial charge in [-0.2, -0.15) is 0 Å². The number of hydrogen-bond acceptors (Lipinski definition) is 3. The van der Waals surface area contributed by atoms with Crippen LogP contribution in [-0.2, 0) is 14.4 Å². The highest BCUT2D eigenvalue weighted by Gasteiger charge is 2.27. The molecular weight excluding hydrogens is 246 g/mol. The summed E-state index contributed by atoms with van der Waals surface area (Å²) in [5, 5.41) is 12.0. The number of aliphatic carboxylic acids is 1. The van der Waals surface area contributed by atoms with Crippen molar-refractivity contribution in [3.05, 3.63) is 0 Å². The van der Waals surface area contributed by atoms with Crippen molar-refractivity contribution >= 4 is 18.2 Å². The van der Waals surface area contributed by atoms with Crippen LogP contribution in [0.15, 0.2) is 0 Å². The van der Waals surface area contributed by atoms with Crippen molar-refractivity contribution < 1.29 is 19.5 Å². The lowest BCUT2D eigenvalue weighted by atomic mass is 9.86. The van der Waals surface area contributed by atoms with Crippen molar-refractivity contribution in [1.29, 1.82) is 0 Å². The number of carboxylic acid groups (broad SMARTS) is 1. The monoisotopic (exact) mass is 271 g/mol. The maximum Gasteiger partial charge on any atom is 0.306 e. The molecule has 0 aromatic heterocycles. The van der Waals surface area contributed by atoms with Gasteiger partial charge in [-0.3, -0.25) is 9.59 Å². The van der Waals surface area contributed by atoms with Gasteiger partial charge >= 0.3 is 5.97 Å².